The second-order valence-electron chi connectivity index (χ2n) is 6.02. The van der Waals surface area contributed by atoms with Gasteiger partial charge in [-0.2, -0.15) is 0 Å². The van der Waals surface area contributed by atoms with Crippen molar-refractivity contribution in [3.05, 3.63) is 99.5 Å². The molecule has 0 saturated heterocycles. The summed E-state index contributed by atoms with van der Waals surface area (Å²) in [6.45, 7) is 0. The van der Waals surface area contributed by atoms with Gasteiger partial charge in [-0.3, -0.25) is 4.79 Å². The first-order chi connectivity index (χ1) is 13.5. The molecule has 3 aromatic carbocycles. The molecule has 1 heterocycles. The van der Waals surface area contributed by atoms with Gasteiger partial charge in [-0.05, 0) is 64.0 Å². The van der Waals surface area contributed by atoms with Crippen LogP contribution in [0.4, 0.5) is 4.39 Å². The van der Waals surface area contributed by atoms with E-state index in [1.165, 1.54) is 36.4 Å². The normalized spacial score (nSPS) is 13.9. The molecule has 1 aliphatic heterocycles. The monoisotopic (exact) mass is 438 g/mol. The lowest BCUT2D eigenvalue weighted by Gasteiger charge is -2.06. The molecule has 0 spiro atoms. The summed E-state index contributed by atoms with van der Waals surface area (Å²) in [5.41, 5.74) is 1.24. The number of hydrogen-bond acceptors (Lipinski definition) is 4. The van der Waals surface area contributed by atoms with Gasteiger partial charge in [0, 0.05) is 10.5 Å². The molecule has 138 valence electrons. The van der Waals surface area contributed by atoms with Crippen molar-refractivity contribution in [2.45, 2.75) is 0 Å². The van der Waals surface area contributed by atoms with Gasteiger partial charge in [0.1, 0.15) is 17.3 Å². The Hall–Kier alpha value is -3.25. The van der Waals surface area contributed by atoms with Gasteiger partial charge in [-0.15, -0.1) is 0 Å². The van der Waals surface area contributed by atoms with E-state index < -0.39 is 11.8 Å². The number of hydrogen-bond donors (Lipinski definition) is 0. The minimum atomic E-state index is -0.535. The minimum absolute atomic E-state index is 0.0786. The van der Waals surface area contributed by atoms with E-state index in [0.717, 1.165) is 0 Å². The zero-order valence-corrected chi connectivity index (χ0v) is 15.9. The third kappa shape index (κ3) is 3.59. The summed E-state index contributed by atoms with van der Waals surface area (Å²) in [6, 6.07) is 17.3. The van der Waals surface area contributed by atoms with Crippen LogP contribution in [0.5, 0.6) is 11.5 Å². The molecular weight excluding hydrogens is 427 g/mol. The molecule has 4 rings (SSSR count). The highest BCUT2D eigenvalue weighted by Crippen LogP contribution is 2.35. The Kier molecular flexibility index (Phi) is 4.79. The highest BCUT2D eigenvalue weighted by molar-refractivity contribution is 9.10. The predicted octanol–water partition coefficient (Wildman–Crippen LogP) is 5.42. The predicted molar refractivity (Wildman–Crippen MR) is 105 cm³/mol. The Morgan fingerprint density at radius 1 is 1.04 bits per heavy atom. The number of fused-ring (bicyclic) bond motifs is 1. The van der Waals surface area contributed by atoms with Crippen LogP contribution in [0.25, 0.3) is 6.08 Å². The van der Waals surface area contributed by atoms with Gasteiger partial charge in [0.2, 0.25) is 5.78 Å². The number of allylic oxidation sites excluding steroid dienone is 1. The molecule has 0 fully saturated rings. The van der Waals surface area contributed by atoms with Crippen molar-refractivity contribution in [3.63, 3.8) is 0 Å². The average molecular weight is 439 g/mol. The summed E-state index contributed by atoms with van der Waals surface area (Å²) >= 11 is 3.31. The second kappa shape index (κ2) is 7.40. The number of ether oxygens (including phenoxy) is 2. The van der Waals surface area contributed by atoms with Crippen LogP contribution in [0.3, 0.4) is 0 Å². The Balaban J connectivity index is 1.57. The summed E-state index contributed by atoms with van der Waals surface area (Å²) in [6.07, 6.45) is 1.47. The molecular formula is C22H12BrFO4. The number of rotatable bonds is 3. The van der Waals surface area contributed by atoms with Crippen LogP contribution in [0, 0.1) is 5.82 Å². The Morgan fingerprint density at radius 2 is 1.86 bits per heavy atom. The van der Waals surface area contributed by atoms with Crippen molar-refractivity contribution >= 4 is 33.8 Å². The smallest absolute Gasteiger partial charge is 0.344 e. The molecule has 0 unspecified atom stereocenters. The molecule has 0 amide bonds. The van der Waals surface area contributed by atoms with Crippen LogP contribution >= 0.6 is 15.9 Å². The Labute approximate surface area is 168 Å². The van der Waals surface area contributed by atoms with Gasteiger partial charge in [-0.1, -0.05) is 24.3 Å². The van der Waals surface area contributed by atoms with Crippen molar-refractivity contribution in [1.82, 2.24) is 0 Å². The SMILES string of the molecule is O=C(Oc1ccc2c(c1)O/C(=C\c1cccc(F)c1)C2=O)c1ccccc1Br. The summed E-state index contributed by atoms with van der Waals surface area (Å²) in [5, 5.41) is 0. The summed E-state index contributed by atoms with van der Waals surface area (Å²) in [7, 11) is 0. The molecule has 4 nitrogen and oxygen atoms in total. The lowest BCUT2D eigenvalue weighted by molar-refractivity contribution is 0.0733. The van der Waals surface area contributed by atoms with Crippen LogP contribution in [0.15, 0.2) is 77.0 Å². The zero-order valence-electron chi connectivity index (χ0n) is 14.3. The van der Waals surface area contributed by atoms with Crippen LogP contribution in [0.2, 0.25) is 0 Å². The molecule has 6 heteroatoms. The topological polar surface area (TPSA) is 52.6 Å². The summed E-state index contributed by atoms with van der Waals surface area (Å²) < 4.78 is 24.9. The fourth-order valence-corrected chi connectivity index (χ4v) is 3.21. The zero-order chi connectivity index (χ0) is 19.7. The van der Waals surface area contributed by atoms with E-state index in [0.29, 0.717) is 21.2 Å². The molecule has 0 saturated carbocycles. The van der Waals surface area contributed by atoms with Crippen molar-refractivity contribution in [3.8, 4) is 11.5 Å². The molecule has 3 aromatic rings. The summed E-state index contributed by atoms with van der Waals surface area (Å²) in [4.78, 5) is 24.8. The number of ketones is 1. The number of carbonyl (C=O) groups is 2. The first-order valence-electron chi connectivity index (χ1n) is 8.32. The highest BCUT2D eigenvalue weighted by atomic mass is 79.9. The largest absolute Gasteiger partial charge is 0.452 e. The first kappa shape index (κ1) is 18.1. The van der Waals surface area contributed by atoms with Gasteiger partial charge >= 0.3 is 5.97 Å². The molecule has 0 radical (unpaired) electrons. The van der Waals surface area contributed by atoms with Gasteiger partial charge in [0.05, 0.1) is 11.1 Å². The average Bonchev–Trinajstić information content (AvgIpc) is 2.97. The molecule has 0 aromatic heterocycles. The van der Waals surface area contributed by atoms with Gasteiger partial charge < -0.3 is 9.47 Å². The van der Waals surface area contributed by atoms with E-state index >= 15 is 0 Å². The fourth-order valence-electron chi connectivity index (χ4n) is 2.77. The van der Waals surface area contributed by atoms with Crippen molar-refractivity contribution in [2.75, 3.05) is 0 Å². The number of esters is 1. The van der Waals surface area contributed by atoms with E-state index in [2.05, 4.69) is 15.9 Å². The maximum Gasteiger partial charge on any atom is 0.344 e. The standard InChI is InChI=1S/C22H12BrFO4/c23-18-7-2-1-6-16(18)22(26)27-15-8-9-17-19(12-15)28-20(21(17)25)11-13-4-3-5-14(24)10-13/h1-12H/b20-11-. The van der Waals surface area contributed by atoms with Crippen molar-refractivity contribution < 1.29 is 23.5 Å². The Bertz CT molecular complexity index is 1140. The van der Waals surface area contributed by atoms with E-state index in [-0.39, 0.29) is 23.0 Å². The van der Waals surface area contributed by atoms with Gasteiger partial charge in [-0.25, -0.2) is 9.18 Å². The van der Waals surface area contributed by atoms with Crippen LogP contribution in [-0.2, 0) is 0 Å². The number of halogens is 2. The van der Waals surface area contributed by atoms with Gasteiger partial charge in [0.25, 0.3) is 0 Å². The third-order valence-electron chi connectivity index (χ3n) is 4.09. The highest BCUT2D eigenvalue weighted by Gasteiger charge is 2.28. The molecule has 0 atom stereocenters. The van der Waals surface area contributed by atoms with Crippen molar-refractivity contribution in [2.24, 2.45) is 0 Å². The van der Waals surface area contributed by atoms with Gasteiger partial charge in [0.15, 0.2) is 5.76 Å². The maximum atomic E-state index is 13.3. The van der Waals surface area contributed by atoms with Crippen molar-refractivity contribution in [1.29, 1.82) is 0 Å². The number of benzene rings is 3. The quantitative estimate of drug-likeness (QED) is 0.311. The fraction of sp³-hybridized carbons (Fsp3) is 0. The maximum absolute atomic E-state index is 13.3. The summed E-state index contributed by atoms with van der Waals surface area (Å²) in [5.74, 6) is -0.645. The molecule has 0 N–H and O–H groups in total. The van der Waals surface area contributed by atoms with E-state index in [1.807, 2.05) is 0 Å². The first-order valence-corrected chi connectivity index (χ1v) is 9.11. The molecule has 0 aliphatic carbocycles. The number of carbonyl (C=O) groups excluding carboxylic acids is 2. The molecule has 0 bridgehead atoms. The second-order valence-corrected chi connectivity index (χ2v) is 6.88. The van der Waals surface area contributed by atoms with Crippen LogP contribution in [-0.4, -0.2) is 11.8 Å². The number of Topliss-reactive ketones (excluding diaryl/α,β-unsaturated/α-hetero) is 1. The molecule has 28 heavy (non-hydrogen) atoms. The third-order valence-corrected chi connectivity index (χ3v) is 4.78. The molecule has 1 aliphatic rings. The van der Waals surface area contributed by atoms with Crippen LogP contribution in [0.1, 0.15) is 26.3 Å². The van der Waals surface area contributed by atoms with E-state index in [9.17, 15) is 14.0 Å². The lowest BCUT2D eigenvalue weighted by Crippen LogP contribution is -2.09. The minimum Gasteiger partial charge on any atom is -0.452 e. The van der Waals surface area contributed by atoms with Crippen LogP contribution < -0.4 is 9.47 Å². The van der Waals surface area contributed by atoms with E-state index in [1.54, 1.807) is 36.4 Å². The Morgan fingerprint density at radius 3 is 2.64 bits per heavy atom. The van der Waals surface area contributed by atoms with E-state index in [4.69, 9.17) is 9.47 Å². The lowest BCUT2D eigenvalue weighted by atomic mass is 10.1.